The maximum atomic E-state index is 13.6. The van der Waals surface area contributed by atoms with Gasteiger partial charge in [0.05, 0.1) is 47.8 Å². The SMILES string of the molecule is C[C@H]1CN(C(=O)c2cc(-c3ccc(C#N)cc3)nn2C2CC2)Cc2cnc([C@@](C)(O)C(F)(F)F)n21. The average Bonchev–Trinajstić information content (AvgIpc) is 3.40. The normalized spacial score (nSPS) is 19.7. The Kier molecular flexibility index (Phi) is 5.25. The number of imidazole rings is 1. The lowest BCUT2D eigenvalue weighted by atomic mass is 10.0. The molecular formula is C24H23F3N6O2. The Morgan fingerprint density at radius 3 is 2.51 bits per heavy atom. The third-order valence-corrected chi connectivity index (χ3v) is 6.58. The first-order chi connectivity index (χ1) is 16.5. The average molecular weight is 484 g/mol. The van der Waals surface area contributed by atoms with E-state index in [4.69, 9.17) is 5.26 Å². The minimum Gasteiger partial charge on any atom is -0.374 e. The van der Waals surface area contributed by atoms with E-state index in [2.05, 4.69) is 16.2 Å². The van der Waals surface area contributed by atoms with E-state index in [-0.39, 0.29) is 25.0 Å². The van der Waals surface area contributed by atoms with Crippen LogP contribution in [0.2, 0.25) is 0 Å². The molecule has 0 spiro atoms. The zero-order valence-corrected chi connectivity index (χ0v) is 19.1. The summed E-state index contributed by atoms with van der Waals surface area (Å²) in [6.07, 6.45) is -1.78. The van der Waals surface area contributed by atoms with E-state index >= 15 is 0 Å². The van der Waals surface area contributed by atoms with Gasteiger partial charge in [-0.25, -0.2) is 4.98 Å². The van der Waals surface area contributed by atoms with Crippen molar-refractivity contribution in [1.29, 1.82) is 5.26 Å². The van der Waals surface area contributed by atoms with E-state index < -0.39 is 23.6 Å². The van der Waals surface area contributed by atoms with E-state index in [1.54, 1.807) is 46.8 Å². The summed E-state index contributed by atoms with van der Waals surface area (Å²) < 4.78 is 43.4. The van der Waals surface area contributed by atoms with Crippen molar-refractivity contribution >= 4 is 5.91 Å². The van der Waals surface area contributed by atoms with Crippen LogP contribution in [-0.4, -0.2) is 48.0 Å². The van der Waals surface area contributed by atoms with Gasteiger partial charge in [0.25, 0.3) is 5.91 Å². The number of rotatable bonds is 4. The van der Waals surface area contributed by atoms with Crippen molar-refractivity contribution in [2.24, 2.45) is 0 Å². The van der Waals surface area contributed by atoms with Crippen molar-refractivity contribution in [2.45, 2.75) is 57.1 Å². The molecule has 35 heavy (non-hydrogen) atoms. The zero-order valence-electron chi connectivity index (χ0n) is 19.1. The minimum atomic E-state index is -4.89. The standard InChI is InChI=1S/C24H23F3N6O2/c1-14-12-31(13-18-11-29-22(32(14)18)23(2,35)24(25,26)27)21(34)20-9-19(30-33(20)17-7-8-17)16-5-3-15(10-28)4-6-16/h3-6,9,11,14,17,35H,7-8,12-13H2,1-2H3/t14-,23+/m0/s1. The summed E-state index contributed by atoms with van der Waals surface area (Å²) in [5, 5.41) is 23.8. The largest absolute Gasteiger partial charge is 0.424 e. The molecule has 1 amide bonds. The maximum Gasteiger partial charge on any atom is 0.424 e. The molecule has 1 N–H and O–H groups in total. The highest BCUT2D eigenvalue weighted by atomic mass is 19.4. The van der Waals surface area contributed by atoms with Gasteiger partial charge in [0.15, 0.2) is 5.82 Å². The number of aromatic nitrogens is 4. The number of amides is 1. The summed E-state index contributed by atoms with van der Waals surface area (Å²) in [6, 6.07) is 10.3. The van der Waals surface area contributed by atoms with E-state index in [9.17, 15) is 23.1 Å². The van der Waals surface area contributed by atoms with Crippen LogP contribution in [0.5, 0.6) is 0 Å². The fourth-order valence-corrected chi connectivity index (χ4v) is 4.48. The first-order valence-corrected chi connectivity index (χ1v) is 11.3. The minimum absolute atomic E-state index is 0.0617. The summed E-state index contributed by atoms with van der Waals surface area (Å²) in [4.78, 5) is 19.0. The lowest BCUT2D eigenvalue weighted by Crippen LogP contribution is -2.46. The van der Waals surface area contributed by atoms with Gasteiger partial charge in [-0.05, 0) is 44.9 Å². The van der Waals surface area contributed by atoms with Gasteiger partial charge in [0.1, 0.15) is 5.69 Å². The van der Waals surface area contributed by atoms with Crippen molar-refractivity contribution in [2.75, 3.05) is 6.54 Å². The van der Waals surface area contributed by atoms with Gasteiger partial charge < -0.3 is 14.6 Å². The van der Waals surface area contributed by atoms with Gasteiger partial charge in [-0.3, -0.25) is 9.48 Å². The summed E-state index contributed by atoms with van der Waals surface area (Å²) in [5.74, 6) is -0.751. The first kappa shape index (κ1) is 23.1. The van der Waals surface area contributed by atoms with Gasteiger partial charge in [-0.2, -0.15) is 23.5 Å². The van der Waals surface area contributed by atoms with Crippen LogP contribution in [-0.2, 0) is 12.1 Å². The van der Waals surface area contributed by atoms with E-state index in [1.165, 1.54) is 10.8 Å². The van der Waals surface area contributed by atoms with Crippen LogP contribution >= 0.6 is 0 Å². The molecule has 1 aliphatic heterocycles. The van der Waals surface area contributed by atoms with Crippen molar-refractivity contribution in [3.63, 3.8) is 0 Å². The molecule has 1 aliphatic carbocycles. The summed E-state index contributed by atoms with van der Waals surface area (Å²) in [5.41, 5.74) is -0.359. The van der Waals surface area contributed by atoms with E-state index in [0.29, 0.717) is 29.6 Å². The number of nitriles is 1. The van der Waals surface area contributed by atoms with Gasteiger partial charge in [0.2, 0.25) is 5.60 Å². The van der Waals surface area contributed by atoms with Crippen LogP contribution in [0.15, 0.2) is 36.5 Å². The molecule has 0 saturated heterocycles. The Morgan fingerprint density at radius 2 is 1.91 bits per heavy atom. The molecule has 3 heterocycles. The Balaban J connectivity index is 1.45. The van der Waals surface area contributed by atoms with Gasteiger partial charge in [0, 0.05) is 12.1 Å². The molecule has 1 fully saturated rings. The first-order valence-electron chi connectivity index (χ1n) is 11.3. The second-order valence-corrected chi connectivity index (χ2v) is 9.33. The number of benzene rings is 1. The molecule has 11 heteroatoms. The number of hydrogen-bond donors (Lipinski definition) is 1. The third-order valence-electron chi connectivity index (χ3n) is 6.58. The summed E-state index contributed by atoms with van der Waals surface area (Å²) in [7, 11) is 0. The lowest BCUT2D eigenvalue weighted by Gasteiger charge is -2.36. The Labute approximate surface area is 199 Å². The fraction of sp³-hybridized carbons (Fsp3) is 0.417. The molecule has 0 radical (unpaired) electrons. The van der Waals surface area contributed by atoms with Crippen LogP contribution in [0.4, 0.5) is 13.2 Å². The topological polar surface area (TPSA) is 100.0 Å². The maximum absolute atomic E-state index is 13.6. The molecule has 182 valence electrons. The molecule has 0 unspecified atom stereocenters. The lowest BCUT2D eigenvalue weighted by molar-refractivity contribution is -0.263. The van der Waals surface area contributed by atoms with Gasteiger partial charge >= 0.3 is 6.18 Å². The monoisotopic (exact) mass is 484 g/mol. The zero-order chi connectivity index (χ0) is 25.1. The molecule has 8 nitrogen and oxygen atoms in total. The number of carbonyl (C=O) groups excluding carboxylic acids is 1. The molecule has 2 aromatic heterocycles. The highest BCUT2D eigenvalue weighted by molar-refractivity contribution is 5.94. The molecular weight excluding hydrogens is 461 g/mol. The van der Waals surface area contributed by atoms with Crippen molar-refractivity contribution < 1.29 is 23.1 Å². The molecule has 1 saturated carbocycles. The van der Waals surface area contributed by atoms with E-state index in [1.807, 2.05) is 0 Å². The van der Waals surface area contributed by atoms with Gasteiger partial charge in [-0.15, -0.1) is 0 Å². The number of fused-ring (bicyclic) bond motifs is 1. The van der Waals surface area contributed by atoms with Crippen LogP contribution in [0.3, 0.4) is 0 Å². The molecule has 3 aromatic rings. The summed E-state index contributed by atoms with van der Waals surface area (Å²) in [6.45, 7) is 2.60. The second-order valence-electron chi connectivity index (χ2n) is 9.33. The van der Waals surface area contributed by atoms with Gasteiger partial charge in [-0.1, -0.05) is 12.1 Å². The number of hydrogen-bond acceptors (Lipinski definition) is 5. The molecule has 1 aromatic carbocycles. The van der Waals surface area contributed by atoms with E-state index in [0.717, 1.165) is 18.4 Å². The highest BCUT2D eigenvalue weighted by Gasteiger charge is 2.55. The van der Waals surface area contributed by atoms with Crippen molar-refractivity contribution in [3.05, 3.63) is 59.3 Å². The second kappa shape index (κ2) is 7.95. The molecule has 2 atom stereocenters. The van der Waals surface area contributed by atoms with Crippen molar-refractivity contribution in [3.8, 4) is 17.3 Å². The van der Waals surface area contributed by atoms with Crippen LogP contribution in [0.1, 0.15) is 66.3 Å². The smallest absolute Gasteiger partial charge is 0.374 e. The predicted molar refractivity (Wildman–Crippen MR) is 118 cm³/mol. The molecule has 0 bridgehead atoms. The highest BCUT2D eigenvalue weighted by Crippen LogP contribution is 2.41. The van der Waals surface area contributed by atoms with Crippen LogP contribution in [0.25, 0.3) is 11.3 Å². The number of nitrogens with zero attached hydrogens (tertiary/aromatic N) is 6. The number of halogens is 3. The summed E-state index contributed by atoms with van der Waals surface area (Å²) >= 11 is 0. The van der Waals surface area contributed by atoms with Crippen LogP contribution in [0, 0.1) is 11.3 Å². The molecule has 5 rings (SSSR count). The number of alkyl halides is 3. The number of aliphatic hydroxyl groups is 1. The molecule has 2 aliphatic rings. The third kappa shape index (κ3) is 3.87. The quantitative estimate of drug-likeness (QED) is 0.605. The Bertz CT molecular complexity index is 1330. The fourth-order valence-electron chi connectivity index (χ4n) is 4.48. The Morgan fingerprint density at radius 1 is 1.23 bits per heavy atom. The van der Waals surface area contributed by atoms with Crippen LogP contribution < -0.4 is 0 Å². The predicted octanol–water partition coefficient (Wildman–Crippen LogP) is 3.94. The Hall–Kier alpha value is -3.65. The van der Waals surface area contributed by atoms with Crippen molar-refractivity contribution in [1.82, 2.24) is 24.2 Å². The number of carbonyl (C=O) groups is 1.